The maximum Gasteiger partial charge on any atom is 0.264 e. The van der Waals surface area contributed by atoms with Gasteiger partial charge in [-0.15, -0.1) is 0 Å². The Morgan fingerprint density at radius 2 is 1.14 bits per heavy atom. The summed E-state index contributed by atoms with van der Waals surface area (Å²) >= 11 is 0. The van der Waals surface area contributed by atoms with Gasteiger partial charge < -0.3 is 0 Å². The molecule has 0 saturated heterocycles. The molecule has 3 rings (SSSR count). The van der Waals surface area contributed by atoms with E-state index in [0.717, 1.165) is 36.4 Å². The van der Waals surface area contributed by atoms with Crippen molar-refractivity contribution in [2.45, 2.75) is 9.79 Å². The summed E-state index contributed by atoms with van der Waals surface area (Å²) in [5.41, 5.74) is -0.343. The van der Waals surface area contributed by atoms with Gasteiger partial charge in [0.2, 0.25) is 0 Å². The summed E-state index contributed by atoms with van der Waals surface area (Å²) in [7, 11) is -8.65. The molecule has 0 fully saturated rings. The molecule has 0 aromatic heterocycles. The molecule has 6 nitrogen and oxygen atoms in total. The molecule has 29 heavy (non-hydrogen) atoms. The van der Waals surface area contributed by atoms with Crippen LogP contribution in [0, 0.1) is 17.5 Å². The lowest BCUT2D eigenvalue weighted by Gasteiger charge is -2.15. The molecule has 0 spiro atoms. The quantitative estimate of drug-likeness (QED) is 0.609. The number of rotatable bonds is 6. The van der Waals surface area contributed by atoms with Crippen molar-refractivity contribution < 1.29 is 30.0 Å². The molecular formula is C18H13F3N2O4S2. The second-order valence-electron chi connectivity index (χ2n) is 5.79. The third-order valence-electron chi connectivity index (χ3n) is 3.72. The second kappa shape index (κ2) is 7.76. The molecule has 0 bridgehead atoms. The zero-order valence-corrected chi connectivity index (χ0v) is 16.1. The van der Waals surface area contributed by atoms with E-state index in [4.69, 9.17) is 0 Å². The first-order valence-electron chi connectivity index (χ1n) is 7.94. The summed E-state index contributed by atoms with van der Waals surface area (Å²) in [4.78, 5) is -1.06. The highest BCUT2D eigenvalue weighted by atomic mass is 32.2. The summed E-state index contributed by atoms with van der Waals surface area (Å²) in [6.45, 7) is 0. The van der Waals surface area contributed by atoms with Crippen LogP contribution in [0.4, 0.5) is 24.5 Å². The van der Waals surface area contributed by atoms with Crippen LogP contribution in [0.25, 0.3) is 0 Å². The average molecular weight is 442 g/mol. The van der Waals surface area contributed by atoms with Gasteiger partial charge in [-0.2, -0.15) is 0 Å². The number of hydrogen-bond acceptors (Lipinski definition) is 4. The Hall–Kier alpha value is -3.05. The van der Waals surface area contributed by atoms with Crippen LogP contribution in [0.5, 0.6) is 0 Å². The summed E-state index contributed by atoms with van der Waals surface area (Å²) < 4.78 is 94.1. The molecule has 0 aliphatic rings. The Morgan fingerprint density at radius 1 is 0.621 bits per heavy atom. The molecule has 11 heteroatoms. The van der Waals surface area contributed by atoms with Crippen LogP contribution in [0.2, 0.25) is 0 Å². The highest BCUT2D eigenvalue weighted by molar-refractivity contribution is 7.93. The van der Waals surface area contributed by atoms with Gasteiger partial charge in [0.15, 0.2) is 0 Å². The maximum absolute atomic E-state index is 13.9. The van der Waals surface area contributed by atoms with Crippen molar-refractivity contribution >= 4 is 31.4 Å². The van der Waals surface area contributed by atoms with Crippen LogP contribution in [-0.4, -0.2) is 16.8 Å². The number of halogens is 3. The summed E-state index contributed by atoms with van der Waals surface area (Å²) in [5, 5.41) is 0. The standard InChI is InChI=1S/C18H13F3N2O4S2/c19-12-5-8-14(9-6-12)28(24,25)22-16-3-1-2-4-17(16)23-29(26,27)18-10-7-13(20)11-15(18)21/h1-11,22-23H. The lowest BCUT2D eigenvalue weighted by molar-refractivity contribution is 0.551. The van der Waals surface area contributed by atoms with Crippen LogP contribution in [0.15, 0.2) is 76.5 Å². The fourth-order valence-electron chi connectivity index (χ4n) is 2.37. The predicted molar refractivity (Wildman–Crippen MR) is 101 cm³/mol. The molecule has 0 aliphatic carbocycles. The average Bonchev–Trinajstić information content (AvgIpc) is 2.63. The van der Waals surface area contributed by atoms with Crippen molar-refractivity contribution in [2.24, 2.45) is 0 Å². The van der Waals surface area contributed by atoms with Crippen molar-refractivity contribution in [3.8, 4) is 0 Å². The van der Waals surface area contributed by atoms with Crippen molar-refractivity contribution in [3.63, 3.8) is 0 Å². The fraction of sp³-hybridized carbons (Fsp3) is 0. The maximum atomic E-state index is 13.9. The predicted octanol–water partition coefficient (Wildman–Crippen LogP) is 3.71. The van der Waals surface area contributed by atoms with Gasteiger partial charge in [-0.1, -0.05) is 12.1 Å². The molecule has 0 heterocycles. The first-order chi connectivity index (χ1) is 13.6. The molecule has 0 saturated carbocycles. The second-order valence-corrected chi connectivity index (χ2v) is 9.12. The van der Waals surface area contributed by atoms with Gasteiger partial charge in [-0.05, 0) is 48.5 Å². The van der Waals surface area contributed by atoms with E-state index in [0.29, 0.717) is 6.07 Å². The van der Waals surface area contributed by atoms with Gasteiger partial charge in [-0.3, -0.25) is 9.44 Å². The van der Waals surface area contributed by atoms with Crippen molar-refractivity contribution in [1.82, 2.24) is 0 Å². The van der Waals surface area contributed by atoms with Gasteiger partial charge >= 0.3 is 0 Å². The van der Waals surface area contributed by atoms with Crippen LogP contribution < -0.4 is 9.44 Å². The molecule has 0 amide bonds. The van der Waals surface area contributed by atoms with Gasteiger partial charge in [0.05, 0.1) is 16.3 Å². The van der Waals surface area contributed by atoms with E-state index >= 15 is 0 Å². The molecule has 3 aromatic carbocycles. The van der Waals surface area contributed by atoms with E-state index in [-0.39, 0.29) is 16.3 Å². The van der Waals surface area contributed by atoms with Crippen molar-refractivity contribution in [2.75, 3.05) is 9.44 Å². The molecule has 152 valence electrons. The minimum atomic E-state index is -4.49. The lowest BCUT2D eigenvalue weighted by Crippen LogP contribution is -2.18. The third-order valence-corrected chi connectivity index (χ3v) is 6.50. The molecular weight excluding hydrogens is 429 g/mol. The number of benzene rings is 3. The minimum absolute atomic E-state index is 0.150. The lowest BCUT2D eigenvalue weighted by atomic mass is 10.3. The van der Waals surface area contributed by atoms with E-state index < -0.39 is 42.4 Å². The third kappa shape index (κ3) is 4.69. The SMILES string of the molecule is O=S(=O)(Nc1ccccc1NS(=O)(=O)c1ccc(F)cc1F)c1ccc(F)cc1. The number of hydrogen-bond donors (Lipinski definition) is 2. The van der Waals surface area contributed by atoms with Gasteiger partial charge in [0, 0.05) is 6.07 Å². The molecule has 2 N–H and O–H groups in total. The Kier molecular flexibility index (Phi) is 5.53. The zero-order valence-electron chi connectivity index (χ0n) is 14.4. The van der Waals surface area contributed by atoms with E-state index in [1.54, 1.807) is 0 Å². The highest BCUT2D eigenvalue weighted by Gasteiger charge is 2.22. The summed E-state index contributed by atoms with van der Waals surface area (Å²) in [6, 6.07) is 11.3. The largest absolute Gasteiger partial charge is 0.277 e. The highest BCUT2D eigenvalue weighted by Crippen LogP contribution is 2.27. The molecule has 0 aliphatic heterocycles. The van der Waals surface area contributed by atoms with Crippen molar-refractivity contribution in [3.05, 3.63) is 84.2 Å². The molecule has 0 atom stereocenters. The number of anilines is 2. The van der Waals surface area contributed by atoms with Crippen LogP contribution in [-0.2, 0) is 20.0 Å². The summed E-state index contributed by atoms with van der Waals surface area (Å²) in [6.07, 6.45) is 0. The van der Waals surface area contributed by atoms with E-state index in [9.17, 15) is 30.0 Å². The van der Waals surface area contributed by atoms with Gasteiger partial charge in [0.1, 0.15) is 22.3 Å². The number of para-hydroxylation sites is 2. The van der Waals surface area contributed by atoms with Gasteiger partial charge in [-0.25, -0.2) is 30.0 Å². The normalized spacial score (nSPS) is 11.8. The Labute approximate surface area is 165 Å². The Morgan fingerprint density at radius 3 is 1.69 bits per heavy atom. The first kappa shape index (κ1) is 20.7. The van der Waals surface area contributed by atoms with E-state index in [1.807, 2.05) is 0 Å². The number of nitrogens with one attached hydrogen (secondary N) is 2. The number of sulfonamides is 2. The smallest absolute Gasteiger partial charge is 0.264 e. The fourth-order valence-corrected chi connectivity index (χ4v) is 4.59. The Bertz CT molecular complexity index is 1260. The molecule has 3 aromatic rings. The zero-order chi connectivity index (χ0) is 21.2. The summed E-state index contributed by atoms with van der Waals surface area (Å²) in [5.74, 6) is -2.88. The van der Waals surface area contributed by atoms with Crippen LogP contribution in [0.3, 0.4) is 0 Å². The minimum Gasteiger partial charge on any atom is -0.277 e. The van der Waals surface area contributed by atoms with E-state index in [1.165, 1.54) is 24.3 Å². The molecule has 0 unspecified atom stereocenters. The van der Waals surface area contributed by atoms with Gasteiger partial charge in [0.25, 0.3) is 20.0 Å². The van der Waals surface area contributed by atoms with E-state index in [2.05, 4.69) is 9.44 Å². The van der Waals surface area contributed by atoms with Crippen LogP contribution in [0.1, 0.15) is 0 Å². The first-order valence-corrected chi connectivity index (χ1v) is 10.9. The van der Waals surface area contributed by atoms with Crippen molar-refractivity contribution in [1.29, 1.82) is 0 Å². The monoisotopic (exact) mass is 442 g/mol. The molecule has 0 radical (unpaired) electrons. The van der Waals surface area contributed by atoms with Crippen LogP contribution >= 0.6 is 0 Å². The topological polar surface area (TPSA) is 92.3 Å². The Balaban J connectivity index is 1.94.